The summed E-state index contributed by atoms with van der Waals surface area (Å²) in [6.07, 6.45) is 4.21. The summed E-state index contributed by atoms with van der Waals surface area (Å²) >= 11 is 0. The van der Waals surface area contributed by atoms with Gasteiger partial charge in [-0.25, -0.2) is 9.78 Å². The van der Waals surface area contributed by atoms with Gasteiger partial charge in [0.15, 0.2) is 0 Å². The fourth-order valence-corrected chi connectivity index (χ4v) is 2.01. The average Bonchev–Trinajstić information content (AvgIpc) is 3.19. The Bertz CT molecular complexity index is 401. The topological polar surface area (TPSA) is 65.5 Å². The fourth-order valence-electron chi connectivity index (χ4n) is 2.01. The van der Waals surface area contributed by atoms with Gasteiger partial charge in [-0.1, -0.05) is 6.92 Å². The van der Waals surface area contributed by atoms with Crippen molar-refractivity contribution in [1.82, 2.24) is 9.88 Å². The van der Waals surface area contributed by atoms with Crippen LogP contribution in [0.25, 0.3) is 0 Å². The Morgan fingerprint density at radius 2 is 2.33 bits per heavy atom. The number of carboxylic acids is 1. The summed E-state index contributed by atoms with van der Waals surface area (Å²) < 4.78 is 0. The van der Waals surface area contributed by atoms with Crippen LogP contribution in [0.3, 0.4) is 0 Å². The Morgan fingerprint density at radius 1 is 1.56 bits per heavy atom. The first-order valence-corrected chi connectivity index (χ1v) is 6.38. The quantitative estimate of drug-likeness (QED) is 0.769. The molecule has 0 unspecified atom stereocenters. The minimum absolute atomic E-state index is 0.0775. The first kappa shape index (κ1) is 12.8. The second kappa shape index (κ2) is 5.82. The maximum atomic E-state index is 10.6. The number of aromatic nitrogens is 1. The van der Waals surface area contributed by atoms with Gasteiger partial charge in [0, 0.05) is 19.1 Å². The molecule has 0 atom stereocenters. The van der Waals surface area contributed by atoms with Crippen molar-refractivity contribution in [3.8, 4) is 0 Å². The highest BCUT2D eigenvalue weighted by Gasteiger charge is 2.26. The van der Waals surface area contributed by atoms with Crippen molar-refractivity contribution in [2.75, 3.05) is 25.0 Å². The molecule has 0 bridgehead atoms. The molecule has 1 aliphatic rings. The second-order valence-corrected chi connectivity index (χ2v) is 4.52. The van der Waals surface area contributed by atoms with E-state index in [-0.39, 0.29) is 5.69 Å². The van der Waals surface area contributed by atoms with Crippen LogP contribution in [0.5, 0.6) is 0 Å². The molecule has 2 N–H and O–H groups in total. The summed E-state index contributed by atoms with van der Waals surface area (Å²) in [5.41, 5.74) is 0.945. The number of aromatic carboxylic acids is 1. The second-order valence-electron chi connectivity index (χ2n) is 4.52. The van der Waals surface area contributed by atoms with Crippen LogP contribution in [0.1, 0.15) is 30.3 Å². The van der Waals surface area contributed by atoms with Gasteiger partial charge in [0.05, 0.1) is 11.9 Å². The van der Waals surface area contributed by atoms with Crippen molar-refractivity contribution in [3.63, 3.8) is 0 Å². The van der Waals surface area contributed by atoms with Crippen LogP contribution in [-0.2, 0) is 0 Å². The van der Waals surface area contributed by atoms with E-state index in [1.807, 2.05) is 0 Å². The molecule has 1 aliphatic carbocycles. The predicted octanol–water partition coefficient (Wildman–Crippen LogP) is 1.68. The fraction of sp³-hybridized carbons (Fsp3) is 0.538. The molecular weight excluding hydrogens is 230 g/mol. The standard InChI is InChI=1S/C13H19N3O2/c1-2-16(11-4-5-11)8-7-14-10-3-6-12(13(17)18)15-9-10/h3,6,9,11,14H,2,4-5,7-8H2,1H3,(H,17,18). The summed E-state index contributed by atoms with van der Waals surface area (Å²) in [7, 11) is 0. The van der Waals surface area contributed by atoms with Crippen molar-refractivity contribution in [1.29, 1.82) is 0 Å². The van der Waals surface area contributed by atoms with E-state index in [2.05, 4.69) is 22.1 Å². The van der Waals surface area contributed by atoms with Crippen LogP contribution in [0.15, 0.2) is 18.3 Å². The van der Waals surface area contributed by atoms with Gasteiger partial charge >= 0.3 is 5.97 Å². The lowest BCUT2D eigenvalue weighted by Gasteiger charge is -2.20. The van der Waals surface area contributed by atoms with Gasteiger partial charge < -0.3 is 10.4 Å². The largest absolute Gasteiger partial charge is 0.477 e. The van der Waals surface area contributed by atoms with Crippen LogP contribution in [-0.4, -0.2) is 46.6 Å². The molecule has 5 heteroatoms. The van der Waals surface area contributed by atoms with E-state index in [0.717, 1.165) is 31.4 Å². The molecule has 0 aliphatic heterocycles. The molecule has 98 valence electrons. The number of carbonyl (C=O) groups is 1. The number of likely N-dealkylation sites (N-methyl/N-ethyl adjacent to an activating group) is 1. The minimum Gasteiger partial charge on any atom is -0.477 e. The van der Waals surface area contributed by atoms with Crippen molar-refractivity contribution in [2.24, 2.45) is 0 Å². The smallest absolute Gasteiger partial charge is 0.354 e. The van der Waals surface area contributed by atoms with Crippen molar-refractivity contribution >= 4 is 11.7 Å². The Balaban J connectivity index is 1.77. The van der Waals surface area contributed by atoms with Crippen molar-refractivity contribution in [2.45, 2.75) is 25.8 Å². The molecule has 5 nitrogen and oxygen atoms in total. The first-order valence-electron chi connectivity index (χ1n) is 6.38. The molecule has 1 fully saturated rings. The molecule has 0 amide bonds. The lowest BCUT2D eigenvalue weighted by molar-refractivity contribution is 0.0690. The van der Waals surface area contributed by atoms with E-state index in [0.29, 0.717) is 0 Å². The van der Waals surface area contributed by atoms with E-state index in [4.69, 9.17) is 5.11 Å². The summed E-state index contributed by atoms with van der Waals surface area (Å²) in [5, 5.41) is 12.0. The SMILES string of the molecule is CCN(CCNc1ccc(C(=O)O)nc1)C1CC1. The molecule has 1 heterocycles. The molecule has 18 heavy (non-hydrogen) atoms. The van der Waals surface area contributed by atoms with E-state index < -0.39 is 5.97 Å². The number of hydrogen-bond donors (Lipinski definition) is 2. The van der Waals surface area contributed by atoms with Gasteiger partial charge in [-0.3, -0.25) is 4.90 Å². The van der Waals surface area contributed by atoms with E-state index in [1.54, 1.807) is 12.3 Å². The van der Waals surface area contributed by atoms with Crippen LogP contribution in [0.2, 0.25) is 0 Å². The van der Waals surface area contributed by atoms with Gasteiger partial charge in [-0.2, -0.15) is 0 Å². The molecule has 1 aromatic rings. The molecular formula is C13H19N3O2. The number of rotatable bonds is 7. The van der Waals surface area contributed by atoms with E-state index >= 15 is 0 Å². The Kier molecular flexibility index (Phi) is 4.15. The van der Waals surface area contributed by atoms with E-state index in [1.165, 1.54) is 18.9 Å². The first-order chi connectivity index (χ1) is 8.70. The van der Waals surface area contributed by atoms with Gasteiger partial charge in [-0.05, 0) is 31.5 Å². The predicted molar refractivity (Wildman–Crippen MR) is 70.0 cm³/mol. The summed E-state index contributed by atoms with van der Waals surface area (Å²) in [4.78, 5) is 17.0. The van der Waals surface area contributed by atoms with Crippen LogP contribution in [0, 0.1) is 0 Å². The normalized spacial score (nSPS) is 14.8. The summed E-state index contributed by atoms with van der Waals surface area (Å²) in [5.74, 6) is -0.993. The lowest BCUT2D eigenvalue weighted by Crippen LogP contribution is -2.30. The lowest BCUT2D eigenvalue weighted by atomic mass is 10.3. The third kappa shape index (κ3) is 3.43. The van der Waals surface area contributed by atoms with Crippen molar-refractivity contribution < 1.29 is 9.90 Å². The maximum absolute atomic E-state index is 10.6. The van der Waals surface area contributed by atoms with E-state index in [9.17, 15) is 4.79 Å². The highest BCUT2D eigenvalue weighted by Crippen LogP contribution is 2.25. The molecule has 0 aromatic carbocycles. The summed E-state index contributed by atoms with van der Waals surface area (Å²) in [6.45, 7) is 5.14. The third-order valence-corrected chi connectivity index (χ3v) is 3.18. The molecule has 0 radical (unpaired) electrons. The molecule has 0 spiro atoms. The zero-order valence-electron chi connectivity index (χ0n) is 10.6. The van der Waals surface area contributed by atoms with Crippen LogP contribution >= 0.6 is 0 Å². The number of carboxylic acid groups (broad SMARTS) is 1. The number of nitrogens with zero attached hydrogens (tertiary/aromatic N) is 2. The molecule has 1 aromatic heterocycles. The van der Waals surface area contributed by atoms with Gasteiger partial charge in [0.1, 0.15) is 5.69 Å². The van der Waals surface area contributed by atoms with Crippen LogP contribution in [0.4, 0.5) is 5.69 Å². The number of anilines is 1. The third-order valence-electron chi connectivity index (χ3n) is 3.18. The van der Waals surface area contributed by atoms with Gasteiger partial charge in [0.2, 0.25) is 0 Å². The summed E-state index contributed by atoms with van der Waals surface area (Å²) in [6, 6.07) is 4.05. The highest BCUT2D eigenvalue weighted by molar-refractivity contribution is 5.85. The van der Waals surface area contributed by atoms with Crippen LogP contribution < -0.4 is 5.32 Å². The highest BCUT2D eigenvalue weighted by atomic mass is 16.4. The molecule has 2 rings (SSSR count). The minimum atomic E-state index is -0.993. The zero-order valence-corrected chi connectivity index (χ0v) is 10.6. The van der Waals surface area contributed by atoms with Gasteiger partial charge in [0.25, 0.3) is 0 Å². The number of pyridine rings is 1. The average molecular weight is 249 g/mol. The molecule has 1 saturated carbocycles. The maximum Gasteiger partial charge on any atom is 0.354 e. The Labute approximate surface area is 107 Å². The number of hydrogen-bond acceptors (Lipinski definition) is 4. The Hall–Kier alpha value is -1.62. The number of nitrogens with one attached hydrogen (secondary N) is 1. The molecule has 0 saturated heterocycles. The monoisotopic (exact) mass is 249 g/mol. The van der Waals surface area contributed by atoms with Crippen molar-refractivity contribution in [3.05, 3.63) is 24.0 Å². The zero-order chi connectivity index (χ0) is 13.0. The van der Waals surface area contributed by atoms with Gasteiger partial charge in [-0.15, -0.1) is 0 Å². The Morgan fingerprint density at radius 3 is 2.83 bits per heavy atom.